The first kappa shape index (κ1) is 18.3. The largest absolute Gasteiger partial charge is 0.490 e. The zero-order chi connectivity index (χ0) is 18.7. The Labute approximate surface area is 155 Å². The molecule has 3 rings (SSSR count). The van der Waals surface area contributed by atoms with Gasteiger partial charge in [-0.05, 0) is 49.9 Å². The molecule has 0 saturated carbocycles. The van der Waals surface area contributed by atoms with Crippen molar-refractivity contribution in [3.63, 3.8) is 0 Å². The van der Waals surface area contributed by atoms with E-state index in [0.717, 1.165) is 39.9 Å². The second kappa shape index (κ2) is 7.42. The van der Waals surface area contributed by atoms with Gasteiger partial charge in [0.1, 0.15) is 12.4 Å². The maximum atomic E-state index is 6.35. The number of aryl methyl sites for hydroxylation is 1. The first-order chi connectivity index (χ1) is 12.4. The molecule has 3 aromatic rings. The second-order valence-corrected chi connectivity index (χ2v) is 7.75. The number of rotatable bonds is 6. The van der Waals surface area contributed by atoms with Crippen LogP contribution < -0.4 is 10.5 Å². The van der Waals surface area contributed by atoms with Gasteiger partial charge in [-0.15, -0.1) is 0 Å². The first-order valence-electron chi connectivity index (χ1n) is 9.08. The molecule has 0 spiro atoms. The van der Waals surface area contributed by atoms with Crippen molar-refractivity contribution < 1.29 is 4.74 Å². The lowest BCUT2D eigenvalue weighted by Gasteiger charge is -2.27. The highest BCUT2D eigenvalue weighted by Gasteiger charge is 2.21. The highest BCUT2D eigenvalue weighted by atomic mass is 16.5. The summed E-state index contributed by atoms with van der Waals surface area (Å²) in [6, 6.07) is 12.2. The molecule has 1 atom stereocenters. The number of fused-ring (bicyclic) bond motifs is 1. The average Bonchev–Trinajstić information content (AvgIpc) is 2.59. The highest BCUT2D eigenvalue weighted by Crippen LogP contribution is 2.29. The lowest BCUT2D eigenvalue weighted by molar-refractivity contribution is 0.205. The van der Waals surface area contributed by atoms with E-state index in [2.05, 4.69) is 35.9 Å². The maximum absolute atomic E-state index is 6.35. The number of nitrogens with two attached hydrogens (primary N) is 1. The molecule has 0 fully saturated rings. The Morgan fingerprint density at radius 2 is 1.92 bits per heavy atom. The molecule has 0 radical (unpaired) electrons. The van der Waals surface area contributed by atoms with Gasteiger partial charge in [-0.1, -0.05) is 32.0 Å². The smallest absolute Gasteiger partial charge is 0.140 e. The molecule has 1 unspecified atom stereocenters. The topological polar surface area (TPSA) is 61.0 Å². The van der Waals surface area contributed by atoms with Gasteiger partial charge in [0.05, 0.1) is 17.4 Å². The Kier molecular flexibility index (Phi) is 5.23. The molecule has 136 valence electrons. The Morgan fingerprint density at radius 1 is 1.15 bits per heavy atom. The van der Waals surface area contributed by atoms with Gasteiger partial charge < -0.3 is 10.5 Å². The molecule has 4 nitrogen and oxygen atoms in total. The van der Waals surface area contributed by atoms with Crippen molar-refractivity contribution in [3.8, 4) is 17.0 Å². The number of para-hydroxylation sites is 1. The van der Waals surface area contributed by atoms with Crippen molar-refractivity contribution in [2.45, 2.75) is 39.7 Å². The monoisotopic (exact) mass is 349 g/mol. The molecule has 0 aliphatic heterocycles. The lowest BCUT2D eigenvalue weighted by Crippen LogP contribution is -2.43. The van der Waals surface area contributed by atoms with Crippen molar-refractivity contribution in [1.29, 1.82) is 0 Å². The number of pyridine rings is 2. The fourth-order valence-corrected chi connectivity index (χ4v) is 3.40. The zero-order valence-corrected chi connectivity index (χ0v) is 16.0. The summed E-state index contributed by atoms with van der Waals surface area (Å²) in [5, 5.41) is 1.10. The van der Waals surface area contributed by atoms with E-state index in [4.69, 9.17) is 10.5 Å². The Morgan fingerprint density at radius 3 is 2.65 bits per heavy atom. The molecule has 0 aliphatic rings. The normalized spacial score (nSPS) is 13.8. The summed E-state index contributed by atoms with van der Waals surface area (Å²) in [7, 11) is 0. The van der Waals surface area contributed by atoms with Crippen molar-refractivity contribution in [2.75, 3.05) is 6.61 Å². The fraction of sp³-hybridized carbons (Fsp3) is 0.364. The second-order valence-electron chi connectivity index (χ2n) is 7.75. The predicted molar refractivity (Wildman–Crippen MR) is 107 cm³/mol. The van der Waals surface area contributed by atoms with Crippen LogP contribution in [0.2, 0.25) is 0 Å². The Balaban J connectivity index is 1.84. The number of hydrogen-bond acceptors (Lipinski definition) is 4. The molecule has 1 aromatic carbocycles. The number of hydrogen-bond donors (Lipinski definition) is 1. The van der Waals surface area contributed by atoms with Crippen LogP contribution in [0.4, 0.5) is 0 Å². The van der Waals surface area contributed by atoms with Crippen molar-refractivity contribution in [1.82, 2.24) is 9.97 Å². The van der Waals surface area contributed by atoms with Gasteiger partial charge in [-0.3, -0.25) is 9.97 Å². The average molecular weight is 349 g/mol. The first-order valence-corrected chi connectivity index (χ1v) is 9.08. The van der Waals surface area contributed by atoms with Crippen LogP contribution in [0.1, 0.15) is 32.8 Å². The van der Waals surface area contributed by atoms with E-state index >= 15 is 0 Å². The molecular formula is C22H27N3O. The summed E-state index contributed by atoms with van der Waals surface area (Å²) in [4.78, 5) is 9.05. The van der Waals surface area contributed by atoms with Gasteiger partial charge in [0.25, 0.3) is 0 Å². The lowest BCUT2D eigenvalue weighted by atomic mass is 9.93. The third kappa shape index (κ3) is 4.20. The van der Waals surface area contributed by atoms with Gasteiger partial charge in [0.15, 0.2) is 0 Å². The van der Waals surface area contributed by atoms with E-state index < -0.39 is 0 Å². The number of ether oxygens (including phenoxy) is 1. The van der Waals surface area contributed by atoms with E-state index in [1.807, 2.05) is 44.3 Å². The highest BCUT2D eigenvalue weighted by molar-refractivity contribution is 5.93. The summed E-state index contributed by atoms with van der Waals surface area (Å²) in [6.45, 7) is 8.90. The van der Waals surface area contributed by atoms with Crippen LogP contribution in [0.3, 0.4) is 0 Å². The van der Waals surface area contributed by atoms with Gasteiger partial charge in [-0.2, -0.15) is 0 Å². The molecule has 2 N–H and O–H groups in total. The van der Waals surface area contributed by atoms with Crippen molar-refractivity contribution in [2.24, 2.45) is 11.7 Å². The Hall–Kier alpha value is -2.46. The third-order valence-corrected chi connectivity index (χ3v) is 4.42. The molecule has 4 heteroatoms. The minimum atomic E-state index is -0.347. The number of aromatic nitrogens is 2. The summed E-state index contributed by atoms with van der Waals surface area (Å²) >= 11 is 0. The van der Waals surface area contributed by atoms with E-state index in [-0.39, 0.29) is 5.54 Å². The quantitative estimate of drug-likeness (QED) is 0.698. The van der Waals surface area contributed by atoms with Crippen molar-refractivity contribution in [3.05, 3.63) is 54.4 Å². The molecule has 0 saturated heterocycles. The number of nitrogens with zero attached hydrogens (tertiary/aromatic N) is 2. The molecule has 0 aliphatic carbocycles. The standard InChI is InChI=1S/C22H27N3O/c1-15(2)12-22(4,23)14-26-21-13-25-20(11-16(21)3)18-9-10-24-19-8-6-5-7-17(18)19/h5-11,13,15H,12,14,23H2,1-4H3. The predicted octanol–water partition coefficient (Wildman–Crippen LogP) is 4.75. The molecule has 2 heterocycles. The molecule has 0 amide bonds. The van der Waals surface area contributed by atoms with E-state index in [0.29, 0.717) is 12.5 Å². The van der Waals surface area contributed by atoms with Gasteiger partial charge in [0.2, 0.25) is 0 Å². The van der Waals surface area contributed by atoms with Crippen LogP contribution in [-0.4, -0.2) is 22.1 Å². The molecule has 2 aromatic heterocycles. The van der Waals surface area contributed by atoms with E-state index in [1.54, 1.807) is 6.20 Å². The third-order valence-electron chi connectivity index (χ3n) is 4.42. The van der Waals surface area contributed by atoms with E-state index in [9.17, 15) is 0 Å². The van der Waals surface area contributed by atoms with Gasteiger partial charge in [-0.25, -0.2) is 0 Å². The van der Waals surface area contributed by atoms with Crippen LogP contribution in [0.15, 0.2) is 48.8 Å². The summed E-state index contributed by atoms with van der Waals surface area (Å²) < 4.78 is 5.98. The maximum Gasteiger partial charge on any atom is 0.140 e. The van der Waals surface area contributed by atoms with Gasteiger partial charge >= 0.3 is 0 Å². The fourth-order valence-electron chi connectivity index (χ4n) is 3.40. The SMILES string of the molecule is Cc1cc(-c2ccnc3ccccc23)ncc1OCC(C)(N)CC(C)C. The van der Waals surface area contributed by atoms with E-state index in [1.165, 1.54) is 0 Å². The summed E-state index contributed by atoms with van der Waals surface area (Å²) in [6.07, 6.45) is 4.54. The van der Waals surface area contributed by atoms with Gasteiger partial charge in [0, 0.05) is 22.7 Å². The minimum absolute atomic E-state index is 0.347. The Bertz CT molecular complexity index is 898. The zero-order valence-electron chi connectivity index (χ0n) is 16.0. The van der Waals surface area contributed by atoms with Crippen molar-refractivity contribution >= 4 is 10.9 Å². The van der Waals surface area contributed by atoms with Crippen LogP contribution in [-0.2, 0) is 0 Å². The van der Waals surface area contributed by atoms with Crippen LogP contribution >= 0.6 is 0 Å². The minimum Gasteiger partial charge on any atom is -0.490 e. The molecule has 0 bridgehead atoms. The van der Waals surface area contributed by atoms with Crippen LogP contribution in [0.25, 0.3) is 22.2 Å². The van der Waals surface area contributed by atoms with Crippen LogP contribution in [0.5, 0.6) is 5.75 Å². The summed E-state index contributed by atoms with van der Waals surface area (Å²) in [5.41, 5.74) is 10.0. The molecule has 26 heavy (non-hydrogen) atoms. The molecular weight excluding hydrogens is 322 g/mol. The number of benzene rings is 1. The van der Waals surface area contributed by atoms with Crippen LogP contribution in [0, 0.1) is 12.8 Å². The summed E-state index contributed by atoms with van der Waals surface area (Å²) in [5.74, 6) is 1.32.